The number of benzene rings is 1. The Morgan fingerprint density at radius 1 is 0.972 bits per heavy atom. The monoisotopic (exact) mass is 506 g/mol. The van der Waals surface area contributed by atoms with E-state index in [0.717, 1.165) is 38.0 Å². The van der Waals surface area contributed by atoms with Gasteiger partial charge in [-0.2, -0.15) is 0 Å². The Balaban J connectivity index is 1.05. The maximum Gasteiger partial charge on any atom is 0.255 e. The molecule has 36 heavy (non-hydrogen) atoms. The molecule has 1 aliphatic carbocycles. The summed E-state index contributed by atoms with van der Waals surface area (Å²) in [5, 5.41) is 3.72. The minimum absolute atomic E-state index is 0.0991. The van der Waals surface area contributed by atoms with E-state index >= 15 is 0 Å². The van der Waals surface area contributed by atoms with Crippen molar-refractivity contribution < 1.29 is 14.4 Å². The highest BCUT2D eigenvalue weighted by Crippen LogP contribution is 2.36. The molecule has 3 fully saturated rings. The van der Waals surface area contributed by atoms with E-state index in [4.69, 9.17) is 4.98 Å². The third-order valence-corrected chi connectivity index (χ3v) is 9.66. The Hall–Kier alpha value is -2.58. The van der Waals surface area contributed by atoms with Crippen LogP contribution in [0.4, 0.5) is 0 Å². The Morgan fingerprint density at radius 2 is 1.78 bits per heavy atom. The number of thiazole rings is 1. The van der Waals surface area contributed by atoms with E-state index in [-0.39, 0.29) is 24.1 Å². The predicted octanol–water partition coefficient (Wildman–Crippen LogP) is 4.33. The van der Waals surface area contributed by atoms with Crippen molar-refractivity contribution in [1.29, 1.82) is 0 Å². The molecule has 190 valence electrons. The van der Waals surface area contributed by atoms with Gasteiger partial charge in [0, 0.05) is 42.1 Å². The Labute approximate surface area is 216 Å². The fourth-order valence-corrected chi connectivity index (χ4v) is 7.56. The number of aromatic nitrogens is 1. The lowest BCUT2D eigenvalue weighted by Gasteiger charge is -2.32. The maximum atomic E-state index is 13.0. The van der Waals surface area contributed by atoms with Crippen LogP contribution in [0.25, 0.3) is 0 Å². The van der Waals surface area contributed by atoms with Crippen molar-refractivity contribution in [2.24, 2.45) is 0 Å². The normalized spacial score (nSPS) is 24.3. The second kappa shape index (κ2) is 10.1. The molecule has 0 radical (unpaired) electrons. The first kappa shape index (κ1) is 23.8. The van der Waals surface area contributed by atoms with E-state index in [9.17, 15) is 14.4 Å². The number of likely N-dealkylation sites (tertiary alicyclic amines) is 1. The summed E-state index contributed by atoms with van der Waals surface area (Å²) < 4.78 is 0. The van der Waals surface area contributed by atoms with Gasteiger partial charge in [0.1, 0.15) is 6.04 Å². The third kappa shape index (κ3) is 4.73. The van der Waals surface area contributed by atoms with Gasteiger partial charge in [-0.25, -0.2) is 4.98 Å². The average Bonchev–Trinajstić information content (AvgIpc) is 3.49. The molecule has 8 heteroatoms. The number of imide groups is 1. The van der Waals surface area contributed by atoms with E-state index in [1.165, 1.54) is 47.6 Å². The van der Waals surface area contributed by atoms with Gasteiger partial charge in [0.05, 0.1) is 5.01 Å². The lowest BCUT2D eigenvalue weighted by atomic mass is 9.88. The van der Waals surface area contributed by atoms with Crippen LogP contribution in [-0.2, 0) is 22.7 Å². The van der Waals surface area contributed by atoms with Crippen molar-refractivity contribution in [3.05, 3.63) is 51.0 Å². The van der Waals surface area contributed by atoms with Crippen LogP contribution in [0.5, 0.6) is 0 Å². The molecule has 4 aliphatic rings. The van der Waals surface area contributed by atoms with Gasteiger partial charge >= 0.3 is 0 Å². The fourth-order valence-electron chi connectivity index (χ4n) is 6.43. The van der Waals surface area contributed by atoms with Crippen molar-refractivity contribution in [3.8, 4) is 0 Å². The molecule has 0 bridgehead atoms. The summed E-state index contributed by atoms with van der Waals surface area (Å²) in [4.78, 5) is 47.1. The topological polar surface area (TPSA) is 82.6 Å². The zero-order valence-corrected chi connectivity index (χ0v) is 21.5. The standard InChI is InChI=1S/C28H34N4O3S/c33-25-9-8-24(26(34)30-25)32-16-21-14-20(6-7-23(21)28(32)35)18-10-12-31(13-11-18)17-22-15-29-27(36-22)19-4-2-1-3-5-19/h6-7,14-15,18-19,24H,1-5,8-13,16-17H2,(H,30,33,34). The van der Waals surface area contributed by atoms with Gasteiger partial charge in [0.2, 0.25) is 11.8 Å². The molecular formula is C28H34N4O3S. The van der Waals surface area contributed by atoms with E-state index in [2.05, 4.69) is 28.5 Å². The van der Waals surface area contributed by atoms with E-state index < -0.39 is 6.04 Å². The lowest BCUT2D eigenvalue weighted by molar-refractivity contribution is -0.136. The molecule has 3 amide bonds. The molecule has 3 aliphatic heterocycles. The number of fused-ring (bicyclic) bond motifs is 1. The minimum Gasteiger partial charge on any atom is -0.322 e. The third-order valence-electron chi connectivity index (χ3n) is 8.51. The highest BCUT2D eigenvalue weighted by Gasteiger charge is 2.39. The molecule has 7 nitrogen and oxygen atoms in total. The molecule has 0 spiro atoms. The number of hydrogen-bond acceptors (Lipinski definition) is 6. The first-order valence-electron chi connectivity index (χ1n) is 13.5. The molecule has 1 aromatic heterocycles. The van der Waals surface area contributed by atoms with Crippen LogP contribution in [0.15, 0.2) is 24.4 Å². The zero-order chi connectivity index (χ0) is 24.6. The number of nitrogens with one attached hydrogen (secondary N) is 1. The van der Waals surface area contributed by atoms with Gasteiger partial charge < -0.3 is 4.90 Å². The van der Waals surface area contributed by atoms with Crippen LogP contribution in [0.2, 0.25) is 0 Å². The van der Waals surface area contributed by atoms with Crippen LogP contribution < -0.4 is 5.32 Å². The quantitative estimate of drug-likeness (QED) is 0.611. The molecule has 6 rings (SSSR count). The largest absolute Gasteiger partial charge is 0.322 e. The number of piperidine rings is 2. The van der Waals surface area contributed by atoms with Gasteiger partial charge in [-0.3, -0.25) is 24.6 Å². The Morgan fingerprint density at radius 3 is 2.56 bits per heavy atom. The van der Waals surface area contributed by atoms with E-state index in [1.807, 2.05) is 17.4 Å². The maximum absolute atomic E-state index is 13.0. The lowest BCUT2D eigenvalue weighted by Crippen LogP contribution is -2.52. The number of nitrogens with zero attached hydrogens (tertiary/aromatic N) is 3. The fraction of sp³-hybridized carbons (Fsp3) is 0.571. The van der Waals surface area contributed by atoms with Crippen LogP contribution in [0, 0.1) is 0 Å². The number of rotatable bonds is 5. The SMILES string of the molecule is O=C1CCC(N2Cc3cc(C4CCN(Cc5cnc(C6CCCCC6)s5)CC4)ccc3C2=O)C(=O)N1. The summed E-state index contributed by atoms with van der Waals surface area (Å²) in [5.74, 6) is 0.463. The van der Waals surface area contributed by atoms with Crippen LogP contribution >= 0.6 is 11.3 Å². The van der Waals surface area contributed by atoms with Gasteiger partial charge in [-0.05, 0) is 68.3 Å². The Bertz CT molecular complexity index is 1160. The van der Waals surface area contributed by atoms with Gasteiger partial charge in [0.15, 0.2) is 0 Å². The summed E-state index contributed by atoms with van der Waals surface area (Å²) in [6.45, 7) is 3.58. The molecular weight excluding hydrogens is 472 g/mol. The highest BCUT2D eigenvalue weighted by molar-refractivity contribution is 7.11. The predicted molar refractivity (Wildman–Crippen MR) is 138 cm³/mol. The van der Waals surface area contributed by atoms with Crippen molar-refractivity contribution in [2.75, 3.05) is 13.1 Å². The molecule has 1 aromatic carbocycles. The molecule has 2 aromatic rings. The average molecular weight is 507 g/mol. The Kier molecular flexibility index (Phi) is 6.65. The van der Waals surface area contributed by atoms with Crippen molar-refractivity contribution in [1.82, 2.24) is 20.1 Å². The molecule has 1 atom stereocenters. The molecule has 1 N–H and O–H groups in total. The van der Waals surface area contributed by atoms with Gasteiger partial charge in [-0.1, -0.05) is 31.4 Å². The first-order chi connectivity index (χ1) is 17.5. The summed E-state index contributed by atoms with van der Waals surface area (Å²) in [5.41, 5.74) is 2.99. The van der Waals surface area contributed by atoms with E-state index in [0.29, 0.717) is 30.4 Å². The minimum atomic E-state index is -0.556. The number of amides is 3. The van der Waals surface area contributed by atoms with E-state index in [1.54, 1.807) is 4.90 Å². The molecule has 1 saturated carbocycles. The number of carbonyl (C=O) groups is 3. The first-order valence-corrected chi connectivity index (χ1v) is 14.3. The van der Waals surface area contributed by atoms with Crippen LogP contribution in [0.1, 0.15) is 101 Å². The van der Waals surface area contributed by atoms with Crippen molar-refractivity contribution >= 4 is 29.1 Å². The highest BCUT2D eigenvalue weighted by atomic mass is 32.1. The number of hydrogen-bond donors (Lipinski definition) is 1. The number of carbonyl (C=O) groups excluding carboxylic acids is 3. The van der Waals surface area contributed by atoms with Crippen molar-refractivity contribution in [2.45, 2.75) is 88.8 Å². The van der Waals surface area contributed by atoms with Gasteiger partial charge in [0.25, 0.3) is 5.91 Å². The summed E-state index contributed by atoms with van der Waals surface area (Å²) >= 11 is 1.92. The summed E-state index contributed by atoms with van der Waals surface area (Å²) in [6, 6.07) is 5.67. The zero-order valence-electron chi connectivity index (χ0n) is 20.7. The summed E-state index contributed by atoms with van der Waals surface area (Å²) in [7, 11) is 0. The van der Waals surface area contributed by atoms with Crippen LogP contribution in [-0.4, -0.2) is 51.6 Å². The van der Waals surface area contributed by atoms with Crippen LogP contribution in [0.3, 0.4) is 0 Å². The van der Waals surface area contributed by atoms with Crippen molar-refractivity contribution in [3.63, 3.8) is 0 Å². The molecule has 2 saturated heterocycles. The second-order valence-corrected chi connectivity index (χ2v) is 12.0. The smallest absolute Gasteiger partial charge is 0.255 e. The molecule has 4 heterocycles. The van der Waals surface area contributed by atoms with Gasteiger partial charge in [-0.15, -0.1) is 11.3 Å². The molecule has 1 unspecified atom stereocenters. The second-order valence-electron chi connectivity index (χ2n) is 10.9. The summed E-state index contributed by atoms with van der Waals surface area (Å²) in [6.07, 6.45) is 11.7.